The second-order valence-electron chi connectivity index (χ2n) is 5.58. The van der Waals surface area contributed by atoms with Crippen molar-refractivity contribution in [1.82, 2.24) is 5.32 Å². The molecule has 3 nitrogen and oxygen atoms in total. The quantitative estimate of drug-likeness (QED) is 0.857. The van der Waals surface area contributed by atoms with Crippen LogP contribution in [0, 0.1) is 12.8 Å². The third-order valence-electron chi connectivity index (χ3n) is 4.21. The molecule has 0 aliphatic heterocycles. The maximum absolute atomic E-state index is 5.65. The van der Waals surface area contributed by atoms with Gasteiger partial charge in [0.2, 0.25) is 0 Å². The third-order valence-corrected chi connectivity index (χ3v) is 4.21. The topological polar surface area (TPSA) is 30.5 Å². The van der Waals surface area contributed by atoms with Gasteiger partial charge in [-0.3, -0.25) is 0 Å². The first-order valence-corrected chi connectivity index (χ1v) is 6.79. The number of nitrogens with one attached hydrogen (secondary N) is 1. The van der Waals surface area contributed by atoms with Crippen molar-refractivity contribution in [3.8, 4) is 11.5 Å². The van der Waals surface area contributed by atoms with E-state index in [-0.39, 0.29) is 5.41 Å². The second-order valence-corrected chi connectivity index (χ2v) is 5.58. The molecule has 0 aliphatic rings. The molecule has 0 amide bonds. The van der Waals surface area contributed by atoms with Crippen LogP contribution in [0.3, 0.4) is 0 Å². The Hall–Kier alpha value is -1.22. The number of methoxy groups -OCH3 is 2. The summed E-state index contributed by atoms with van der Waals surface area (Å²) in [4.78, 5) is 0. The monoisotopic (exact) mass is 265 g/mol. The summed E-state index contributed by atoms with van der Waals surface area (Å²) in [7, 11) is 5.41. The molecular formula is C16H27NO2. The summed E-state index contributed by atoms with van der Waals surface area (Å²) in [6.45, 7) is 9.72. The summed E-state index contributed by atoms with van der Waals surface area (Å²) in [6, 6.07) is 4.16. The van der Waals surface area contributed by atoms with E-state index >= 15 is 0 Å². The highest BCUT2D eigenvalue weighted by molar-refractivity contribution is 5.52. The van der Waals surface area contributed by atoms with Crippen LogP contribution in [-0.4, -0.2) is 27.8 Å². The highest BCUT2D eigenvalue weighted by Crippen LogP contribution is 2.41. The summed E-state index contributed by atoms with van der Waals surface area (Å²) >= 11 is 0. The van der Waals surface area contributed by atoms with Gasteiger partial charge in [0.15, 0.2) is 0 Å². The molecular weight excluding hydrogens is 238 g/mol. The Labute approximate surface area is 117 Å². The van der Waals surface area contributed by atoms with Crippen molar-refractivity contribution in [2.75, 3.05) is 27.8 Å². The van der Waals surface area contributed by atoms with Gasteiger partial charge in [0.05, 0.1) is 14.2 Å². The molecule has 0 saturated carbocycles. The molecule has 1 rings (SSSR count). The largest absolute Gasteiger partial charge is 0.496 e. The van der Waals surface area contributed by atoms with Crippen molar-refractivity contribution in [1.29, 1.82) is 0 Å². The first kappa shape index (κ1) is 15.8. The summed E-state index contributed by atoms with van der Waals surface area (Å²) in [6.07, 6.45) is 0. The summed E-state index contributed by atoms with van der Waals surface area (Å²) in [5, 5.41) is 3.30. The number of ether oxygens (including phenoxy) is 2. The van der Waals surface area contributed by atoms with E-state index < -0.39 is 0 Å². The zero-order valence-corrected chi connectivity index (χ0v) is 13.3. The molecule has 0 aliphatic carbocycles. The molecule has 1 atom stereocenters. The van der Waals surface area contributed by atoms with Gasteiger partial charge < -0.3 is 14.8 Å². The first-order chi connectivity index (χ1) is 8.92. The molecule has 19 heavy (non-hydrogen) atoms. The standard InChI is InChI=1S/C16H27NO2/c1-11(2)16(4,10-17-5)13-8-9-14(18-6)12(3)15(13)19-7/h8-9,11,17H,10H2,1-7H3. The fourth-order valence-corrected chi connectivity index (χ4v) is 2.59. The number of hydrogen-bond acceptors (Lipinski definition) is 3. The normalized spacial score (nSPS) is 14.3. The van der Waals surface area contributed by atoms with E-state index in [0.717, 1.165) is 23.6 Å². The van der Waals surface area contributed by atoms with Gasteiger partial charge in [0.25, 0.3) is 0 Å². The van der Waals surface area contributed by atoms with E-state index in [9.17, 15) is 0 Å². The van der Waals surface area contributed by atoms with E-state index in [1.807, 2.05) is 20.0 Å². The van der Waals surface area contributed by atoms with Gasteiger partial charge in [-0.1, -0.05) is 26.8 Å². The van der Waals surface area contributed by atoms with Crippen molar-refractivity contribution >= 4 is 0 Å². The van der Waals surface area contributed by atoms with Crippen molar-refractivity contribution < 1.29 is 9.47 Å². The summed E-state index contributed by atoms with van der Waals surface area (Å²) in [5.41, 5.74) is 2.32. The Morgan fingerprint density at radius 3 is 2.26 bits per heavy atom. The molecule has 0 spiro atoms. The number of rotatable bonds is 6. The highest BCUT2D eigenvalue weighted by Gasteiger charge is 2.33. The Morgan fingerprint density at radius 1 is 1.21 bits per heavy atom. The first-order valence-electron chi connectivity index (χ1n) is 6.79. The second kappa shape index (κ2) is 6.29. The minimum Gasteiger partial charge on any atom is -0.496 e. The molecule has 108 valence electrons. The number of hydrogen-bond donors (Lipinski definition) is 1. The Balaban J connectivity index is 3.43. The Morgan fingerprint density at radius 2 is 1.84 bits per heavy atom. The lowest BCUT2D eigenvalue weighted by molar-refractivity contribution is 0.306. The third kappa shape index (κ3) is 2.86. The lowest BCUT2D eigenvalue weighted by Gasteiger charge is -2.36. The molecule has 1 aromatic rings. The smallest absolute Gasteiger partial charge is 0.129 e. The number of benzene rings is 1. The van der Waals surface area contributed by atoms with E-state index in [2.05, 4.69) is 32.2 Å². The van der Waals surface area contributed by atoms with Crippen LogP contribution in [0.15, 0.2) is 12.1 Å². The van der Waals surface area contributed by atoms with Gasteiger partial charge in [0.1, 0.15) is 11.5 Å². The zero-order chi connectivity index (χ0) is 14.6. The molecule has 0 saturated heterocycles. The molecule has 0 heterocycles. The average molecular weight is 265 g/mol. The Bertz CT molecular complexity index is 429. The van der Waals surface area contributed by atoms with Gasteiger partial charge in [0, 0.05) is 23.1 Å². The van der Waals surface area contributed by atoms with E-state index in [1.165, 1.54) is 5.56 Å². The van der Waals surface area contributed by atoms with Crippen LogP contribution < -0.4 is 14.8 Å². The van der Waals surface area contributed by atoms with Crippen LogP contribution in [0.5, 0.6) is 11.5 Å². The highest BCUT2D eigenvalue weighted by atomic mass is 16.5. The van der Waals surface area contributed by atoms with Crippen LogP contribution in [0.2, 0.25) is 0 Å². The van der Waals surface area contributed by atoms with Gasteiger partial charge >= 0.3 is 0 Å². The van der Waals surface area contributed by atoms with Crippen LogP contribution in [0.25, 0.3) is 0 Å². The molecule has 1 aromatic carbocycles. The van der Waals surface area contributed by atoms with Gasteiger partial charge in [-0.05, 0) is 26.0 Å². The molecule has 1 N–H and O–H groups in total. The van der Waals surface area contributed by atoms with Gasteiger partial charge in [-0.2, -0.15) is 0 Å². The molecule has 1 unspecified atom stereocenters. The van der Waals surface area contributed by atoms with Gasteiger partial charge in [-0.25, -0.2) is 0 Å². The SMILES string of the molecule is CNCC(C)(c1ccc(OC)c(C)c1OC)C(C)C. The molecule has 0 bridgehead atoms. The zero-order valence-electron chi connectivity index (χ0n) is 13.3. The van der Waals surface area contributed by atoms with Crippen molar-refractivity contribution in [2.45, 2.75) is 33.1 Å². The molecule has 0 fully saturated rings. The average Bonchev–Trinajstić information content (AvgIpc) is 2.38. The lowest BCUT2D eigenvalue weighted by atomic mass is 9.72. The van der Waals surface area contributed by atoms with E-state index in [0.29, 0.717) is 5.92 Å². The predicted octanol–water partition coefficient (Wildman–Crippen LogP) is 3.15. The summed E-state index contributed by atoms with van der Waals surface area (Å²) in [5.74, 6) is 2.31. The van der Waals surface area contributed by atoms with Crippen LogP contribution in [0.1, 0.15) is 31.9 Å². The van der Waals surface area contributed by atoms with Crippen LogP contribution in [-0.2, 0) is 5.41 Å². The minimum absolute atomic E-state index is 0.0249. The van der Waals surface area contributed by atoms with Crippen molar-refractivity contribution in [3.05, 3.63) is 23.3 Å². The fourth-order valence-electron chi connectivity index (χ4n) is 2.59. The van der Waals surface area contributed by atoms with Crippen molar-refractivity contribution in [2.24, 2.45) is 5.92 Å². The Kier molecular flexibility index (Phi) is 5.24. The molecule has 0 radical (unpaired) electrons. The van der Waals surface area contributed by atoms with Crippen LogP contribution >= 0.6 is 0 Å². The van der Waals surface area contributed by atoms with E-state index in [1.54, 1.807) is 14.2 Å². The predicted molar refractivity (Wildman–Crippen MR) is 80.4 cm³/mol. The number of likely N-dealkylation sites (N-methyl/N-ethyl adjacent to an activating group) is 1. The molecule has 0 aromatic heterocycles. The van der Waals surface area contributed by atoms with Gasteiger partial charge in [-0.15, -0.1) is 0 Å². The summed E-state index contributed by atoms with van der Waals surface area (Å²) < 4.78 is 11.0. The maximum atomic E-state index is 5.65. The minimum atomic E-state index is 0.0249. The van der Waals surface area contributed by atoms with Crippen molar-refractivity contribution in [3.63, 3.8) is 0 Å². The fraction of sp³-hybridized carbons (Fsp3) is 0.625. The maximum Gasteiger partial charge on any atom is 0.129 e. The lowest BCUT2D eigenvalue weighted by Crippen LogP contribution is -2.39. The molecule has 3 heteroatoms. The van der Waals surface area contributed by atoms with Crippen LogP contribution in [0.4, 0.5) is 0 Å². The van der Waals surface area contributed by atoms with E-state index in [4.69, 9.17) is 9.47 Å².